The van der Waals surface area contributed by atoms with Crippen LogP contribution in [0.2, 0.25) is 0 Å². The summed E-state index contributed by atoms with van der Waals surface area (Å²) in [5.74, 6) is 2.78. The van der Waals surface area contributed by atoms with Gasteiger partial charge in [0.25, 0.3) is 0 Å². The molecule has 2 aromatic heterocycles. The van der Waals surface area contributed by atoms with Gasteiger partial charge in [0.1, 0.15) is 11.6 Å². The van der Waals surface area contributed by atoms with E-state index in [1.807, 2.05) is 43.3 Å². The molecule has 9 heteroatoms. The van der Waals surface area contributed by atoms with E-state index in [1.54, 1.807) is 18.2 Å². The first kappa shape index (κ1) is 19.7. The van der Waals surface area contributed by atoms with Crippen LogP contribution in [0, 0.1) is 0 Å². The predicted molar refractivity (Wildman–Crippen MR) is 113 cm³/mol. The lowest BCUT2D eigenvalue weighted by molar-refractivity contribution is 0.208. The van der Waals surface area contributed by atoms with Crippen molar-refractivity contribution >= 4 is 17.5 Å². The van der Waals surface area contributed by atoms with Crippen molar-refractivity contribution in [1.29, 1.82) is 0 Å². The maximum atomic E-state index is 12.5. The van der Waals surface area contributed by atoms with Gasteiger partial charge < -0.3 is 24.4 Å². The van der Waals surface area contributed by atoms with Crippen molar-refractivity contribution in [2.75, 3.05) is 43.5 Å². The van der Waals surface area contributed by atoms with Gasteiger partial charge in [-0.15, -0.1) is 0 Å². The number of methoxy groups -OCH3 is 1. The van der Waals surface area contributed by atoms with E-state index in [-0.39, 0.29) is 6.03 Å². The molecule has 1 aromatic carbocycles. The molecule has 0 atom stereocenters. The van der Waals surface area contributed by atoms with Crippen LogP contribution in [0.5, 0.6) is 5.75 Å². The number of pyridine rings is 1. The number of piperazine rings is 1. The smallest absolute Gasteiger partial charge is 0.321 e. The summed E-state index contributed by atoms with van der Waals surface area (Å²) in [6.07, 6.45) is 2.46. The molecule has 156 valence electrons. The highest BCUT2D eigenvalue weighted by Crippen LogP contribution is 2.20. The maximum Gasteiger partial charge on any atom is 0.321 e. The highest BCUT2D eigenvalue weighted by molar-refractivity contribution is 5.89. The summed E-state index contributed by atoms with van der Waals surface area (Å²) in [6, 6.07) is 11.1. The minimum absolute atomic E-state index is 0.105. The highest BCUT2D eigenvalue weighted by Gasteiger charge is 2.22. The van der Waals surface area contributed by atoms with Crippen molar-refractivity contribution in [2.24, 2.45) is 0 Å². The van der Waals surface area contributed by atoms with Crippen LogP contribution in [-0.4, -0.2) is 59.3 Å². The number of hydrogen-bond acceptors (Lipinski definition) is 7. The third kappa shape index (κ3) is 4.35. The average Bonchev–Trinajstić information content (AvgIpc) is 3.29. The summed E-state index contributed by atoms with van der Waals surface area (Å²) in [5, 5.41) is 6.90. The second-order valence-electron chi connectivity index (χ2n) is 6.90. The number of benzene rings is 1. The van der Waals surface area contributed by atoms with E-state index in [9.17, 15) is 4.79 Å². The Morgan fingerprint density at radius 1 is 1.13 bits per heavy atom. The van der Waals surface area contributed by atoms with Gasteiger partial charge in [-0.2, -0.15) is 4.98 Å². The van der Waals surface area contributed by atoms with Crippen molar-refractivity contribution in [3.63, 3.8) is 0 Å². The number of nitrogens with zero attached hydrogens (tertiary/aromatic N) is 5. The van der Waals surface area contributed by atoms with Crippen LogP contribution < -0.4 is 15.0 Å². The predicted octanol–water partition coefficient (Wildman–Crippen LogP) is 3.06. The molecule has 0 bridgehead atoms. The fourth-order valence-corrected chi connectivity index (χ4v) is 3.24. The van der Waals surface area contributed by atoms with Gasteiger partial charge in [-0.1, -0.05) is 12.1 Å². The number of carbonyl (C=O) groups excluding carboxylic acids is 1. The van der Waals surface area contributed by atoms with Gasteiger partial charge in [-0.3, -0.25) is 0 Å². The minimum Gasteiger partial charge on any atom is -0.497 e. The van der Waals surface area contributed by atoms with Crippen molar-refractivity contribution < 1.29 is 14.1 Å². The first-order valence-electron chi connectivity index (χ1n) is 9.90. The Morgan fingerprint density at radius 3 is 2.50 bits per heavy atom. The summed E-state index contributed by atoms with van der Waals surface area (Å²) in [5.41, 5.74) is 1.56. The van der Waals surface area contributed by atoms with E-state index < -0.39 is 0 Å². The first-order valence-corrected chi connectivity index (χ1v) is 9.90. The summed E-state index contributed by atoms with van der Waals surface area (Å²) >= 11 is 0. The summed E-state index contributed by atoms with van der Waals surface area (Å²) in [7, 11) is 1.61. The lowest BCUT2D eigenvalue weighted by Gasteiger charge is -2.35. The molecule has 1 fully saturated rings. The van der Waals surface area contributed by atoms with Crippen LogP contribution in [0.4, 0.5) is 16.3 Å². The number of nitrogens with one attached hydrogen (secondary N) is 1. The minimum atomic E-state index is -0.105. The van der Waals surface area contributed by atoms with Gasteiger partial charge in [0.2, 0.25) is 11.7 Å². The topological polar surface area (TPSA) is 96.6 Å². The fourth-order valence-electron chi connectivity index (χ4n) is 3.24. The third-order valence-corrected chi connectivity index (χ3v) is 5.01. The fraction of sp³-hybridized carbons (Fsp3) is 0.333. The second-order valence-corrected chi connectivity index (χ2v) is 6.90. The molecule has 4 rings (SSSR count). The normalized spacial score (nSPS) is 13.9. The molecule has 0 aliphatic carbocycles. The largest absolute Gasteiger partial charge is 0.497 e. The van der Waals surface area contributed by atoms with Gasteiger partial charge in [0, 0.05) is 50.0 Å². The van der Waals surface area contributed by atoms with Crippen LogP contribution in [0.1, 0.15) is 12.8 Å². The number of carbonyl (C=O) groups is 1. The molecule has 9 nitrogen and oxygen atoms in total. The number of hydrogen-bond donors (Lipinski definition) is 1. The highest BCUT2D eigenvalue weighted by atomic mass is 16.5. The van der Waals surface area contributed by atoms with Crippen LogP contribution in [0.3, 0.4) is 0 Å². The molecule has 0 unspecified atom stereocenters. The molecule has 0 radical (unpaired) electrons. The van der Waals surface area contributed by atoms with Gasteiger partial charge >= 0.3 is 6.03 Å². The van der Waals surface area contributed by atoms with Crippen molar-refractivity contribution in [1.82, 2.24) is 20.0 Å². The van der Waals surface area contributed by atoms with Gasteiger partial charge in [0.05, 0.1) is 7.11 Å². The van der Waals surface area contributed by atoms with E-state index in [1.165, 1.54) is 0 Å². The van der Waals surface area contributed by atoms with E-state index in [2.05, 4.69) is 25.3 Å². The Bertz CT molecular complexity index is 979. The number of anilines is 2. The molecular weight excluding hydrogens is 384 g/mol. The Kier molecular flexibility index (Phi) is 5.78. The molecule has 0 spiro atoms. The zero-order valence-electron chi connectivity index (χ0n) is 17.0. The number of urea groups is 1. The van der Waals surface area contributed by atoms with Crippen LogP contribution >= 0.6 is 0 Å². The Labute approximate surface area is 174 Å². The first-order chi connectivity index (χ1) is 14.7. The Morgan fingerprint density at radius 2 is 1.90 bits per heavy atom. The van der Waals surface area contributed by atoms with Gasteiger partial charge in [-0.05, 0) is 36.4 Å². The average molecular weight is 408 g/mol. The van der Waals surface area contributed by atoms with E-state index >= 15 is 0 Å². The van der Waals surface area contributed by atoms with E-state index in [0.29, 0.717) is 44.3 Å². The SMILES string of the molecule is CCc1nc(-c2ccc(N3CCN(C(=O)Nc4ccc(OC)cc4)CC3)nc2)no1. The Balaban J connectivity index is 1.31. The third-order valence-electron chi connectivity index (χ3n) is 5.01. The van der Waals surface area contributed by atoms with Gasteiger partial charge in [-0.25, -0.2) is 9.78 Å². The second kappa shape index (κ2) is 8.81. The molecule has 1 N–H and O–H groups in total. The summed E-state index contributed by atoms with van der Waals surface area (Å²) < 4.78 is 10.3. The van der Waals surface area contributed by atoms with Crippen molar-refractivity contribution in [2.45, 2.75) is 13.3 Å². The van der Waals surface area contributed by atoms with E-state index in [4.69, 9.17) is 9.26 Å². The monoisotopic (exact) mass is 408 g/mol. The molecule has 30 heavy (non-hydrogen) atoms. The lowest BCUT2D eigenvalue weighted by atomic mass is 10.2. The standard InChI is InChI=1S/C21H24N6O3/c1-3-19-24-20(25-30-19)15-4-9-18(22-14-15)26-10-12-27(13-11-26)21(28)23-16-5-7-17(29-2)8-6-16/h4-9,14H,3,10-13H2,1-2H3,(H,23,28). The van der Waals surface area contributed by atoms with Gasteiger partial charge in [0.15, 0.2) is 0 Å². The molecular formula is C21H24N6O3. The van der Waals surface area contributed by atoms with Crippen molar-refractivity contribution in [3.05, 3.63) is 48.5 Å². The van der Waals surface area contributed by atoms with Crippen LogP contribution in [-0.2, 0) is 6.42 Å². The maximum absolute atomic E-state index is 12.5. The molecule has 3 aromatic rings. The molecule has 2 amide bonds. The molecule has 0 saturated carbocycles. The lowest BCUT2D eigenvalue weighted by Crippen LogP contribution is -2.50. The number of amides is 2. The molecule has 3 heterocycles. The number of aryl methyl sites for hydroxylation is 1. The Hall–Kier alpha value is -3.62. The zero-order chi connectivity index (χ0) is 20.9. The summed E-state index contributed by atoms with van der Waals surface area (Å²) in [6.45, 7) is 4.64. The summed E-state index contributed by atoms with van der Waals surface area (Å²) in [4.78, 5) is 25.4. The number of rotatable bonds is 5. The molecule has 1 aliphatic rings. The quantitative estimate of drug-likeness (QED) is 0.693. The van der Waals surface area contributed by atoms with Crippen LogP contribution in [0.25, 0.3) is 11.4 Å². The number of ether oxygens (including phenoxy) is 1. The number of aromatic nitrogens is 3. The molecule has 1 aliphatic heterocycles. The van der Waals surface area contributed by atoms with Crippen LogP contribution in [0.15, 0.2) is 47.1 Å². The zero-order valence-corrected chi connectivity index (χ0v) is 17.0. The van der Waals surface area contributed by atoms with E-state index in [0.717, 1.165) is 22.8 Å². The van der Waals surface area contributed by atoms with Crippen molar-refractivity contribution in [3.8, 4) is 17.1 Å². The molecule has 1 saturated heterocycles.